The molecule has 0 rings (SSSR count). The van der Waals surface area contributed by atoms with E-state index in [0.717, 1.165) is 30.7 Å². The highest BCUT2D eigenvalue weighted by molar-refractivity contribution is 4.82. The van der Waals surface area contributed by atoms with E-state index in [1.54, 1.807) is 0 Å². The van der Waals surface area contributed by atoms with Crippen LogP contribution in [0.1, 0.15) is 194 Å². The molecule has 0 aliphatic heterocycles. The van der Waals surface area contributed by atoms with Gasteiger partial charge in [-0.05, 0) is 64.2 Å². The van der Waals surface area contributed by atoms with Crippen LogP contribution in [0.2, 0.25) is 0 Å². The zero-order valence-electron chi connectivity index (χ0n) is 31.1. The van der Waals surface area contributed by atoms with Crippen LogP contribution in [0.4, 0.5) is 0 Å². The van der Waals surface area contributed by atoms with Gasteiger partial charge in [-0.2, -0.15) is 0 Å². The number of quaternary nitrogens is 1. The van der Waals surface area contributed by atoms with Crippen molar-refractivity contribution in [3.8, 4) is 0 Å². The van der Waals surface area contributed by atoms with Crippen molar-refractivity contribution in [2.24, 2.45) is 0 Å². The van der Waals surface area contributed by atoms with Crippen molar-refractivity contribution in [1.29, 1.82) is 0 Å². The van der Waals surface area contributed by atoms with Crippen LogP contribution in [0.15, 0.2) is 24.3 Å². The molecule has 44 heavy (non-hydrogen) atoms. The van der Waals surface area contributed by atoms with E-state index in [0.29, 0.717) is 0 Å². The molecule has 3 heteroatoms. The number of hydrogen-bond acceptors (Lipinski definition) is 2. The van der Waals surface area contributed by atoms with Gasteiger partial charge in [0.2, 0.25) is 0 Å². The third kappa shape index (κ3) is 34.2. The average Bonchev–Trinajstić information content (AvgIpc) is 3.00. The smallest absolute Gasteiger partial charge is 0.194 e. The Morgan fingerprint density at radius 1 is 0.409 bits per heavy atom. The Labute approximate surface area is 278 Å². The Morgan fingerprint density at radius 3 is 1.14 bits per heavy atom. The summed E-state index contributed by atoms with van der Waals surface area (Å²) in [5.74, 6) is 0. The second kappa shape index (κ2) is 35.2. The summed E-state index contributed by atoms with van der Waals surface area (Å²) in [7, 11) is 6.74. The largest absolute Gasteiger partial charge is 0.381 e. The summed E-state index contributed by atoms with van der Waals surface area (Å²) < 4.78 is 13.2. The molecule has 3 nitrogen and oxygen atoms in total. The predicted octanol–water partition coefficient (Wildman–Crippen LogP) is 13.1. The van der Waals surface area contributed by atoms with E-state index < -0.39 is 0 Å². The van der Waals surface area contributed by atoms with Crippen molar-refractivity contribution < 1.29 is 14.0 Å². The summed E-state index contributed by atoms with van der Waals surface area (Å²) in [6.07, 6.45) is 47.2. The number of nitrogens with zero attached hydrogens (tertiary/aromatic N) is 1. The lowest BCUT2D eigenvalue weighted by Crippen LogP contribution is -2.47. The summed E-state index contributed by atoms with van der Waals surface area (Å²) in [6, 6.07) is 0. The second-order valence-corrected chi connectivity index (χ2v) is 14.4. The Balaban J connectivity index is 3.54. The standard InChI is InChI=1S/C41H82NO2/c1-6-8-10-12-14-16-18-20-22-24-26-28-30-32-34-36-39-44-41(42(3,4)5)37-40-43-38-35-33-31-29-27-25-23-21-19-17-15-13-11-9-7-2/h19-22,41H,6-18,23-40H2,1-5H3/q+1/b21-19+,22-20+. The quantitative estimate of drug-likeness (QED) is 0.0300. The molecule has 0 saturated heterocycles. The number of allylic oxidation sites excluding steroid dienone is 4. The third-order valence-electron chi connectivity index (χ3n) is 8.89. The Morgan fingerprint density at radius 2 is 0.750 bits per heavy atom. The molecule has 0 saturated carbocycles. The van der Waals surface area contributed by atoms with Gasteiger partial charge >= 0.3 is 0 Å². The molecule has 0 heterocycles. The molecule has 0 spiro atoms. The Hall–Kier alpha value is -0.640. The number of rotatable bonds is 36. The van der Waals surface area contributed by atoms with Crippen molar-refractivity contribution in [3.63, 3.8) is 0 Å². The van der Waals surface area contributed by atoms with Crippen LogP contribution >= 0.6 is 0 Å². The monoisotopic (exact) mass is 621 g/mol. The molecule has 0 aromatic heterocycles. The summed E-state index contributed by atoms with van der Waals surface area (Å²) in [6.45, 7) is 7.18. The third-order valence-corrected chi connectivity index (χ3v) is 8.89. The molecule has 1 unspecified atom stereocenters. The Bertz CT molecular complexity index is 594. The van der Waals surface area contributed by atoms with Gasteiger partial charge < -0.3 is 14.0 Å². The maximum Gasteiger partial charge on any atom is 0.194 e. The van der Waals surface area contributed by atoms with Crippen LogP contribution in [0.5, 0.6) is 0 Å². The second-order valence-electron chi connectivity index (χ2n) is 14.4. The van der Waals surface area contributed by atoms with Gasteiger partial charge in [0.25, 0.3) is 0 Å². The first-order chi connectivity index (χ1) is 21.5. The number of ether oxygens (including phenoxy) is 2. The van der Waals surface area contributed by atoms with E-state index in [9.17, 15) is 0 Å². The lowest BCUT2D eigenvalue weighted by atomic mass is 10.1. The first-order valence-corrected chi connectivity index (χ1v) is 19.8. The minimum absolute atomic E-state index is 0.230. The van der Waals surface area contributed by atoms with Crippen molar-refractivity contribution in [1.82, 2.24) is 0 Å². The maximum atomic E-state index is 6.34. The van der Waals surface area contributed by atoms with Crippen LogP contribution < -0.4 is 0 Å². The first-order valence-electron chi connectivity index (χ1n) is 19.8. The zero-order valence-corrected chi connectivity index (χ0v) is 31.1. The van der Waals surface area contributed by atoms with Crippen LogP contribution in [-0.2, 0) is 9.47 Å². The van der Waals surface area contributed by atoms with Gasteiger partial charge in [-0.3, -0.25) is 0 Å². The van der Waals surface area contributed by atoms with Gasteiger partial charge in [0.15, 0.2) is 6.23 Å². The first kappa shape index (κ1) is 43.4. The van der Waals surface area contributed by atoms with Gasteiger partial charge in [-0.25, -0.2) is 0 Å². The minimum atomic E-state index is 0.230. The topological polar surface area (TPSA) is 18.5 Å². The molecular weight excluding hydrogens is 538 g/mol. The van der Waals surface area contributed by atoms with Gasteiger partial charge in [-0.1, -0.05) is 147 Å². The van der Waals surface area contributed by atoms with E-state index >= 15 is 0 Å². The molecule has 0 aliphatic carbocycles. The van der Waals surface area contributed by atoms with Crippen molar-refractivity contribution in [2.75, 3.05) is 41.0 Å². The normalized spacial score (nSPS) is 13.1. The molecule has 0 amide bonds. The maximum absolute atomic E-state index is 6.34. The summed E-state index contributed by atoms with van der Waals surface area (Å²) >= 11 is 0. The number of hydrogen-bond donors (Lipinski definition) is 0. The van der Waals surface area contributed by atoms with Crippen LogP contribution in [0, 0.1) is 0 Å². The van der Waals surface area contributed by atoms with Crippen molar-refractivity contribution in [3.05, 3.63) is 24.3 Å². The lowest BCUT2D eigenvalue weighted by molar-refractivity contribution is -0.920. The molecule has 0 bridgehead atoms. The fraction of sp³-hybridized carbons (Fsp3) is 0.902. The highest BCUT2D eigenvalue weighted by atomic mass is 16.5. The summed E-state index contributed by atoms with van der Waals surface area (Å²) in [5.41, 5.74) is 0. The van der Waals surface area contributed by atoms with E-state index in [4.69, 9.17) is 9.47 Å². The molecule has 0 fully saturated rings. The number of unbranched alkanes of at least 4 members (excludes halogenated alkanes) is 23. The van der Waals surface area contributed by atoms with Crippen molar-refractivity contribution in [2.45, 2.75) is 200 Å². The lowest BCUT2D eigenvalue weighted by Gasteiger charge is -2.33. The van der Waals surface area contributed by atoms with Gasteiger partial charge in [-0.15, -0.1) is 0 Å². The summed E-state index contributed by atoms with van der Waals surface area (Å²) in [5, 5.41) is 0. The van der Waals surface area contributed by atoms with Gasteiger partial charge in [0.1, 0.15) is 0 Å². The molecule has 262 valence electrons. The molecule has 0 radical (unpaired) electrons. The SMILES string of the molecule is CCCCCCC/C=C/CCCCCCCCOCCC(OCCCCCCCC/C=C/CCCCCCCC)[N+](C)(C)C. The van der Waals surface area contributed by atoms with Crippen molar-refractivity contribution >= 4 is 0 Å². The molecule has 1 atom stereocenters. The molecule has 0 aliphatic rings. The molecular formula is C41H82NO2+. The van der Waals surface area contributed by atoms with Crippen LogP contribution in [0.3, 0.4) is 0 Å². The minimum Gasteiger partial charge on any atom is -0.381 e. The predicted molar refractivity (Wildman–Crippen MR) is 197 cm³/mol. The Kier molecular flexibility index (Phi) is 34.7. The summed E-state index contributed by atoms with van der Waals surface area (Å²) in [4.78, 5) is 0. The fourth-order valence-corrected chi connectivity index (χ4v) is 5.82. The van der Waals surface area contributed by atoms with E-state index in [1.165, 1.54) is 173 Å². The molecule has 0 N–H and O–H groups in total. The molecule has 0 aromatic carbocycles. The van der Waals surface area contributed by atoms with Crippen LogP contribution in [0.25, 0.3) is 0 Å². The van der Waals surface area contributed by atoms with E-state index in [1.807, 2.05) is 0 Å². The van der Waals surface area contributed by atoms with Gasteiger partial charge in [0.05, 0.1) is 34.4 Å². The molecule has 0 aromatic rings. The average molecular weight is 621 g/mol. The zero-order chi connectivity index (χ0) is 32.2. The highest BCUT2D eigenvalue weighted by Gasteiger charge is 2.23. The van der Waals surface area contributed by atoms with Gasteiger partial charge in [0, 0.05) is 13.0 Å². The van der Waals surface area contributed by atoms with E-state index in [2.05, 4.69) is 59.3 Å². The van der Waals surface area contributed by atoms with Crippen LogP contribution in [-0.4, -0.2) is 51.7 Å². The highest BCUT2D eigenvalue weighted by Crippen LogP contribution is 2.14. The fourth-order valence-electron chi connectivity index (χ4n) is 5.82. The van der Waals surface area contributed by atoms with E-state index in [-0.39, 0.29) is 6.23 Å².